The maximum Gasteiger partial charge on any atom is 0.217 e. The Morgan fingerprint density at radius 1 is 1.21 bits per heavy atom. The Kier molecular flexibility index (Phi) is 8.80. The van der Waals surface area contributed by atoms with E-state index in [-0.39, 0.29) is 24.9 Å². The van der Waals surface area contributed by atoms with Gasteiger partial charge in [-0.2, -0.15) is 0 Å². The van der Waals surface area contributed by atoms with Gasteiger partial charge in [-0.15, -0.1) is 0 Å². The number of fused-ring (bicyclic) bond motifs is 1. The van der Waals surface area contributed by atoms with Gasteiger partial charge in [-0.1, -0.05) is 32.4 Å². The first-order chi connectivity index (χ1) is 15.8. The lowest BCUT2D eigenvalue weighted by Crippen LogP contribution is -2.48. The molecule has 4 unspecified atom stereocenters. The fraction of sp³-hybridized carbons (Fsp3) is 0.500. The summed E-state index contributed by atoms with van der Waals surface area (Å²) in [5.41, 5.74) is 2.70. The van der Waals surface area contributed by atoms with Crippen molar-refractivity contribution in [1.29, 1.82) is 0 Å². The first kappa shape index (κ1) is 25.1. The normalized spacial score (nSPS) is 18.1. The van der Waals surface area contributed by atoms with E-state index in [0.29, 0.717) is 18.1 Å². The second-order valence-corrected chi connectivity index (χ2v) is 8.94. The van der Waals surface area contributed by atoms with Gasteiger partial charge in [0.05, 0.1) is 18.8 Å². The molecule has 0 bridgehead atoms. The van der Waals surface area contributed by atoms with Crippen LogP contribution >= 0.6 is 0 Å². The molecule has 0 aromatic heterocycles. The molecule has 7 heteroatoms. The molecule has 4 atom stereocenters. The van der Waals surface area contributed by atoms with Crippen molar-refractivity contribution in [2.45, 2.75) is 70.6 Å². The summed E-state index contributed by atoms with van der Waals surface area (Å²) in [6.07, 6.45) is 2.14. The van der Waals surface area contributed by atoms with Crippen LogP contribution in [0.25, 0.3) is 0 Å². The first-order valence-corrected chi connectivity index (χ1v) is 11.7. The lowest BCUT2D eigenvalue weighted by atomic mass is 9.91. The highest BCUT2D eigenvalue weighted by atomic mass is 19.1. The van der Waals surface area contributed by atoms with Crippen LogP contribution in [0.2, 0.25) is 0 Å². The van der Waals surface area contributed by atoms with E-state index in [2.05, 4.69) is 36.6 Å². The Hall–Kier alpha value is -2.51. The Morgan fingerprint density at radius 3 is 2.61 bits per heavy atom. The van der Waals surface area contributed by atoms with Gasteiger partial charge < -0.3 is 20.5 Å². The number of benzene rings is 2. The number of hydrogen-bond donors (Lipinski definition) is 3. The van der Waals surface area contributed by atoms with E-state index in [9.17, 15) is 18.7 Å². The van der Waals surface area contributed by atoms with Crippen LogP contribution in [0.3, 0.4) is 0 Å². The number of ether oxygens (including phenoxy) is 1. The maximum atomic E-state index is 13.6. The number of aliphatic hydroxyl groups is 1. The van der Waals surface area contributed by atoms with Gasteiger partial charge in [0.25, 0.3) is 0 Å². The van der Waals surface area contributed by atoms with Gasteiger partial charge in [0, 0.05) is 37.6 Å². The average Bonchev–Trinajstić information content (AvgIpc) is 2.75. The second kappa shape index (κ2) is 11.6. The van der Waals surface area contributed by atoms with Gasteiger partial charge in [-0.25, -0.2) is 8.78 Å². The van der Waals surface area contributed by atoms with Gasteiger partial charge in [-0.3, -0.25) is 4.79 Å². The lowest BCUT2D eigenvalue weighted by Gasteiger charge is -2.30. The summed E-state index contributed by atoms with van der Waals surface area (Å²) in [5.74, 6) is -0.405. The topological polar surface area (TPSA) is 70.6 Å². The molecule has 2 aromatic carbocycles. The van der Waals surface area contributed by atoms with Crippen molar-refractivity contribution in [2.24, 2.45) is 0 Å². The highest BCUT2D eigenvalue weighted by molar-refractivity contribution is 5.73. The monoisotopic (exact) mass is 460 g/mol. The highest BCUT2D eigenvalue weighted by Crippen LogP contribution is 2.35. The molecule has 0 radical (unpaired) electrons. The van der Waals surface area contributed by atoms with E-state index in [1.165, 1.54) is 24.6 Å². The van der Waals surface area contributed by atoms with Gasteiger partial charge in [-0.05, 0) is 48.1 Å². The predicted molar refractivity (Wildman–Crippen MR) is 124 cm³/mol. The molecule has 0 fully saturated rings. The summed E-state index contributed by atoms with van der Waals surface area (Å²) >= 11 is 0. The van der Waals surface area contributed by atoms with Gasteiger partial charge in [0.2, 0.25) is 5.91 Å². The standard InChI is InChI=1S/C26H34F2N2O3/c1-4-5-16(2)19-6-7-26-22(13-19)23(8-9-33-26)29-15-25(32)24(30-17(3)31)12-18-10-20(27)14-21(28)11-18/h6-7,10-11,13-14,16,23-25,29,32H,4-5,8-9,12,15H2,1-3H3,(H,30,31). The molecule has 1 aliphatic heterocycles. The summed E-state index contributed by atoms with van der Waals surface area (Å²) in [4.78, 5) is 11.7. The van der Waals surface area contributed by atoms with Crippen LogP contribution in [-0.4, -0.2) is 36.3 Å². The fourth-order valence-electron chi connectivity index (χ4n) is 4.46. The molecule has 0 aliphatic carbocycles. The molecule has 1 amide bonds. The van der Waals surface area contributed by atoms with E-state index in [1.54, 1.807) is 0 Å². The molecule has 0 saturated carbocycles. The molecule has 3 N–H and O–H groups in total. The van der Waals surface area contributed by atoms with Crippen molar-refractivity contribution in [1.82, 2.24) is 10.6 Å². The number of rotatable bonds is 10. The summed E-state index contributed by atoms with van der Waals surface area (Å²) in [5, 5.41) is 17.0. The van der Waals surface area contributed by atoms with Crippen molar-refractivity contribution in [2.75, 3.05) is 13.2 Å². The van der Waals surface area contributed by atoms with Gasteiger partial charge in [0.15, 0.2) is 0 Å². The van der Waals surface area contributed by atoms with Crippen LogP contribution in [-0.2, 0) is 11.2 Å². The number of halogens is 2. The van der Waals surface area contributed by atoms with Crippen LogP contribution < -0.4 is 15.4 Å². The molecule has 0 saturated heterocycles. The van der Waals surface area contributed by atoms with Crippen LogP contribution in [0.1, 0.15) is 68.7 Å². The molecule has 5 nitrogen and oxygen atoms in total. The van der Waals surface area contributed by atoms with Crippen molar-refractivity contribution >= 4 is 5.91 Å². The van der Waals surface area contributed by atoms with Gasteiger partial charge >= 0.3 is 0 Å². The molecule has 1 heterocycles. The van der Waals surface area contributed by atoms with Crippen LogP contribution in [0.4, 0.5) is 8.78 Å². The number of amides is 1. The zero-order chi connectivity index (χ0) is 24.0. The lowest BCUT2D eigenvalue weighted by molar-refractivity contribution is -0.120. The summed E-state index contributed by atoms with van der Waals surface area (Å²) in [7, 11) is 0. The van der Waals surface area contributed by atoms with Crippen molar-refractivity contribution < 1.29 is 23.4 Å². The number of carbonyl (C=O) groups excluding carboxylic acids is 1. The SMILES string of the molecule is CCCC(C)c1ccc2c(c1)C(NCC(O)C(Cc1cc(F)cc(F)c1)NC(C)=O)CCO2. The quantitative estimate of drug-likeness (QED) is 0.492. The van der Waals surface area contributed by atoms with Crippen LogP contribution in [0.5, 0.6) is 5.75 Å². The van der Waals surface area contributed by atoms with Crippen molar-refractivity contribution in [3.63, 3.8) is 0 Å². The second-order valence-electron chi connectivity index (χ2n) is 8.94. The minimum absolute atomic E-state index is 0.00164. The van der Waals surface area contributed by atoms with E-state index < -0.39 is 23.8 Å². The molecule has 33 heavy (non-hydrogen) atoms. The largest absolute Gasteiger partial charge is 0.493 e. The Bertz CT molecular complexity index is 933. The number of carbonyl (C=O) groups is 1. The number of nitrogens with one attached hydrogen (secondary N) is 2. The predicted octanol–water partition coefficient (Wildman–Crippen LogP) is 4.39. The molecular formula is C26H34F2N2O3. The smallest absolute Gasteiger partial charge is 0.217 e. The minimum atomic E-state index is -0.950. The Balaban J connectivity index is 1.70. The molecular weight excluding hydrogens is 426 g/mol. The summed E-state index contributed by atoms with van der Waals surface area (Å²) in [6.45, 7) is 6.53. The third kappa shape index (κ3) is 6.98. The van der Waals surface area contributed by atoms with E-state index in [1.807, 2.05) is 6.07 Å². The molecule has 1 aliphatic rings. The fourth-order valence-corrected chi connectivity index (χ4v) is 4.46. The Morgan fingerprint density at radius 2 is 1.94 bits per heavy atom. The molecule has 0 spiro atoms. The van der Waals surface area contributed by atoms with E-state index in [4.69, 9.17) is 4.74 Å². The molecule has 3 rings (SSSR count). The van der Waals surface area contributed by atoms with Crippen molar-refractivity contribution in [3.8, 4) is 5.75 Å². The van der Waals surface area contributed by atoms with Crippen LogP contribution in [0.15, 0.2) is 36.4 Å². The zero-order valence-corrected chi connectivity index (χ0v) is 19.5. The summed E-state index contributed by atoms with van der Waals surface area (Å²) < 4.78 is 33.0. The molecule has 2 aromatic rings. The highest BCUT2D eigenvalue weighted by Gasteiger charge is 2.26. The van der Waals surface area contributed by atoms with E-state index >= 15 is 0 Å². The minimum Gasteiger partial charge on any atom is -0.493 e. The third-order valence-electron chi connectivity index (χ3n) is 6.17. The van der Waals surface area contributed by atoms with Gasteiger partial charge in [0.1, 0.15) is 17.4 Å². The zero-order valence-electron chi connectivity index (χ0n) is 19.5. The average molecular weight is 461 g/mol. The van der Waals surface area contributed by atoms with Crippen LogP contribution in [0, 0.1) is 11.6 Å². The Labute approximate surface area is 194 Å². The number of aliphatic hydroxyl groups excluding tert-OH is 1. The maximum absolute atomic E-state index is 13.6. The molecule has 180 valence electrons. The van der Waals surface area contributed by atoms with Crippen molar-refractivity contribution in [3.05, 3.63) is 64.7 Å². The third-order valence-corrected chi connectivity index (χ3v) is 6.17. The van der Waals surface area contributed by atoms with E-state index in [0.717, 1.165) is 36.6 Å². The summed E-state index contributed by atoms with van der Waals surface area (Å²) in [6, 6.07) is 8.85. The number of hydrogen-bond acceptors (Lipinski definition) is 4. The first-order valence-electron chi connectivity index (χ1n) is 11.7.